The van der Waals surface area contributed by atoms with Crippen molar-refractivity contribution < 1.29 is 23.1 Å². The summed E-state index contributed by atoms with van der Waals surface area (Å²) < 4.78 is 41.4. The second-order valence-corrected chi connectivity index (χ2v) is 6.10. The third kappa shape index (κ3) is 2.92. The van der Waals surface area contributed by atoms with Crippen LogP contribution in [0.4, 0.5) is 19.0 Å². The standard InChI is InChI=1S/C14H11BrF3N3O2/c15-8-3-1-7(2-4-8)10-5-11(14(16,17)18)21-12(20-10)9(6-19-21)13(22)23/h1-4,6,10-11,20H,5H2,(H,22,23)/p-1/t10-,11-/m1/s1. The zero-order chi connectivity index (χ0) is 16.8. The normalized spacial score (nSPS) is 20.7. The number of carboxylic acids is 1. The molecule has 0 spiro atoms. The first-order valence-electron chi connectivity index (χ1n) is 6.65. The van der Waals surface area contributed by atoms with Crippen LogP contribution in [0.15, 0.2) is 34.9 Å². The Hall–Kier alpha value is -2.03. The molecule has 0 unspecified atom stereocenters. The molecular weight excluding hydrogens is 379 g/mol. The Morgan fingerprint density at radius 2 is 2.00 bits per heavy atom. The Morgan fingerprint density at radius 1 is 1.35 bits per heavy atom. The molecule has 0 amide bonds. The van der Waals surface area contributed by atoms with Crippen LogP contribution in [0.5, 0.6) is 0 Å². The van der Waals surface area contributed by atoms with E-state index in [2.05, 4.69) is 26.3 Å². The van der Waals surface area contributed by atoms with Crippen LogP contribution in [0.2, 0.25) is 0 Å². The number of carboxylic acid groups (broad SMARTS) is 1. The van der Waals surface area contributed by atoms with Gasteiger partial charge in [0.2, 0.25) is 0 Å². The molecule has 0 saturated heterocycles. The fraction of sp³-hybridized carbons (Fsp3) is 0.286. The molecule has 5 nitrogen and oxygen atoms in total. The van der Waals surface area contributed by atoms with E-state index in [1.807, 2.05) is 0 Å². The largest absolute Gasteiger partial charge is 0.545 e. The van der Waals surface area contributed by atoms with Gasteiger partial charge in [0.1, 0.15) is 5.82 Å². The van der Waals surface area contributed by atoms with Crippen molar-refractivity contribution in [2.45, 2.75) is 24.7 Å². The van der Waals surface area contributed by atoms with Gasteiger partial charge >= 0.3 is 6.18 Å². The first-order valence-corrected chi connectivity index (χ1v) is 7.44. The quantitative estimate of drug-likeness (QED) is 0.858. The lowest BCUT2D eigenvalue weighted by atomic mass is 9.96. The number of aromatic nitrogens is 2. The number of rotatable bonds is 2. The van der Waals surface area contributed by atoms with Crippen molar-refractivity contribution in [3.05, 3.63) is 46.1 Å². The molecule has 3 rings (SSSR count). The van der Waals surface area contributed by atoms with Crippen LogP contribution < -0.4 is 10.4 Å². The second-order valence-electron chi connectivity index (χ2n) is 5.18. The van der Waals surface area contributed by atoms with Crippen LogP contribution in [0.25, 0.3) is 0 Å². The van der Waals surface area contributed by atoms with Gasteiger partial charge in [-0.3, -0.25) is 0 Å². The molecule has 23 heavy (non-hydrogen) atoms. The van der Waals surface area contributed by atoms with Crippen molar-refractivity contribution in [3.63, 3.8) is 0 Å². The Bertz CT molecular complexity index is 743. The van der Waals surface area contributed by atoms with E-state index >= 15 is 0 Å². The maximum Gasteiger partial charge on any atom is 0.410 e. The molecular formula is C14H10BrF3N3O2-. The molecule has 0 aliphatic carbocycles. The van der Waals surface area contributed by atoms with Crippen molar-refractivity contribution in [2.24, 2.45) is 0 Å². The SMILES string of the molecule is O=C([O-])c1cnn2c1N[C@@H](c1ccc(Br)cc1)C[C@@H]2C(F)(F)F. The summed E-state index contributed by atoms with van der Waals surface area (Å²) in [5.74, 6) is -1.76. The summed E-state index contributed by atoms with van der Waals surface area (Å²) in [5.41, 5.74) is 0.236. The number of anilines is 1. The number of carbonyl (C=O) groups is 1. The minimum atomic E-state index is -4.54. The van der Waals surface area contributed by atoms with Crippen LogP contribution >= 0.6 is 15.9 Å². The van der Waals surface area contributed by atoms with Gasteiger partial charge < -0.3 is 15.2 Å². The van der Waals surface area contributed by atoms with Crippen molar-refractivity contribution in [1.29, 1.82) is 0 Å². The van der Waals surface area contributed by atoms with Gasteiger partial charge in [0.25, 0.3) is 0 Å². The molecule has 122 valence electrons. The average molecular weight is 389 g/mol. The molecule has 0 bridgehead atoms. The van der Waals surface area contributed by atoms with E-state index in [1.54, 1.807) is 24.3 Å². The molecule has 1 aliphatic rings. The first-order chi connectivity index (χ1) is 10.8. The highest BCUT2D eigenvalue weighted by Gasteiger charge is 2.46. The van der Waals surface area contributed by atoms with Gasteiger partial charge in [0.15, 0.2) is 6.04 Å². The van der Waals surface area contributed by atoms with E-state index in [0.717, 1.165) is 10.7 Å². The van der Waals surface area contributed by atoms with Crippen molar-refractivity contribution in [1.82, 2.24) is 9.78 Å². The predicted molar refractivity (Wildman–Crippen MR) is 76.8 cm³/mol. The van der Waals surface area contributed by atoms with Gasteiger partial charge in [0.05, 0.1) is 23.8 Å². The van der Waals surface area contributed by atoms with Gasteiger partial charge in [-0.25, -0.2) is 4.68 Å². The lowest BCUT2D eigenvalue weighted by Gasteiger charge is -2.34. The molecule has 2 aromatic rings. The molecule has 2 heterocycles. The third-order valence-corrected chi connectivity index (χ3v) is 4.26. The highest BCUT2D eigenvalue weighted by Crippen LogP contribution is 2.44. The Kier molecular flexibility index (Phi) is 3.83. The average Bonchev–Trinajstić information content (AvgIpc) is 2.89. The highest BCUT2D eigenvalue weighted by atomic mass is 79.9. The lowest BCUT2D eigenvalue weighted by molar-refractivity contribution is -0.255. The number of fused-ring (bicyclic) bond motifs is 1. The Balaban J connectivity index is 2.05. The van der Waals surface area contributed by atoms with Crippen LogP contribution in [-0.4, -0.2) is 21.9 Å². The maximum atomic E-state index is 13.3. The summed E-state index contributed by atoms with van der Waals surface area (Å²) in [6, 6.07) is 4.20. The third-order valence-electron chi connectivity index (χ3n) is 3.73. The molecule has 0 saturated carbocycles. The van der Waals surface area contributed by atoms with E-state index in [9.17, 15) is 23.1 Å². The number of nitrogens with zero attached hydrogens (tertiary/aromatic N) is 2. The van der Waals surface area contributed by atoms with Gasteiger partial charge in [-0.15, -0.1) is 0 Å². The smallest absolute Gasteiger partial charge is 0.410 e. The molecule has 1 aromatic carbocycles. The summed E-state index contributed by atoms with van der Waals surface area (Å²) >= 11 is 3.26. The topological polar surface area (TPSA) is 70.0 Å². The van der Waals surface area contributed by atoms with Gasteiger partial charge in [-0.2, -0.15) is 18.3 Å². The van der Waals surface area contributed by atoms with Crippen LogP contribution in [0, 0.1) is 0 Å². The number of nitrogens with one attached hydrogen (secondary N) is 1. The predicted octanol–water partition coefficient (Wildman–Crippen LogP) is 2.67. The molecule has 0 radical (unpaired) electrons. The summed E-state index contributed by atoms with van der Waals surface area (Å²) in [6.07, 6.45) is -3.95. The summed E-state index contributed by atoms with van der Waals surface area (Å²) in [4.78, 5) is 11.1. The fourth-order valence-corrected chi connectivity index (χ4v) is 2.89. The molecule has 1 N–H and O–H groups in total. The Morgan fingerprint density at radius 3 is 2.57 bits per heavy atom. The van der Waals surface area contributed by atoms with E-state index in [4.69, 9.17) is 0 Å². The lowest BCUT2D eigenvalue weighted by Crippen LogP contribution is -2.36. The number of hydrogen-bond acceptors (Lipinski definition) is 4. The molecule has 2 atom stereocenters. The van der Waals surface area contributed by atoms with E-state index in [1.165, 1.54) is 0 Å². The van der Waals surface area contributed by atoms with Crippen LogP contribution in [0.3, 0.4) is 0 Å². The Labute approximate surface area is 137 Å². The number of aromatic carboxylic acids is 1. The zero-order valence-electron chi connectivity index (χ0n) is 11.5. The number of halogens is 4. The molecule has 1 aromatic heterocycles. The first kappa shape index (κ1) is 15.9. The minimum absolute atomic E-state index is 0.188. The van der Waals surface area contributed by atoms with Crippen LogP contribution in [-0.2, 0) is 0 Å². The van der Waals surface area contributed by atoms with Gasteiger partial charge in [-0.05, 0) is 17.7 Å². The van der Waals surface area contributed by atoms with Crippen LogP contribution in [0.1, 0.15) is 34.4 Å². The highest BCUT2D eigenvalue weighted by molar-refractivity contribution is 9.10. The zero-order valence-corrected chi connectivity index (χ0v) is 13.1. The van der Waals surface area contributed by atoms with Crippen molar-refractivity contribution >= 4 is 27.7 Å². The second kappa shape index (κ2) is 5.55. The summed E-state index contributed by atoms with van der Waals surface area (Å²) in [7, 11) is 0. The van der Waals surface area contributed by atoms with Gasteiger partial charge in [0, 0.05) is 10.9 Å². The van der Waals surface area contributed by atoms with Crippen molar-refractivity contribution in [2.75, 3.05) is 5.32 Å². The van der Waals surface area contributed by atoms with E-state index in [0.29, 0.717) is 10.2 Å². The molecule has 9 heteroatoms. The van der Waals surface area contributed by atoms with E-state index < -0.39 is 24.2 Å². The van der Waals surface area contributed by atoms with E-state index in [-0.39, 0.29) is 17.8 Å². The monoisotopic (exact) mass is 388 g/mol. The molecule has 0 fully saturated rings. The number of benzene rings is 1. The van der Waals surface area contributed by atoms with Gasteiger partial charge in [-0.1, -0.05) is 28.1 Å². The number of hydrogen-bond donors (Lipinski definition) is 1. The number of alkyl halides is 3. The minimum Gasteiger partial charge on any atom is -0.545 e. The number of carbonyl (C=O) groups excluding carboxylic acids is 1. The summed E-state index contributed by atoms with van der Waals surface area (Å²) in [5, 5.41) is 17.5. The maximum absolute atomic E-state index is 13.3. The summed E-state index contributed by atoms with van der Waals surface area (Å²) in [6.45, 7) is 0. The molecule has 1 aliphatic heterocycles. The fourth-order valence-electron chi connectivity index (χ4n) is 2.63. The van der Waals surface area contributed by atoms with Crippen molar-refractivity contribution in [3.8, 4) is 0 Å².